The fourth-order valence-electron chi connectivity index (χ4n) is 1.49. The van der Waals surface area contributed by atoms with E-state index in [1.165, 1.54) is 23.1 Å². The lowest BCUT2D eigenvalue weighted by molar-refractivity contribution is -0.138. The molecule has 18 heavy (non-hydrogen) atoms. The Bertz CT molecular complexity index is 431. The first kappa shape index (κ1) is 14.4. The predicted molar refractivity (Wildman–Crippen MR) is 63.5 cm³/mol. The number of nitrogens with zero attached hydrogens (tertiary/aromatic N) is 1. The molecule has 5 nitrogen and oxygen atoms in total. The second-order valence-corrected chi connectivity index (χ2v) is 4.11. The first-order chi connectivity index (χ1) is 8.40. The highest BCUT2D eigenvalue weighted by molar-refractivity contribution is 6.31. The fraction of sp³-hybridized carbons (Fsp3) is 0.273. The molecule has 1 rings (SSSR count). The molecule has 0 saturated carbocycles. The van der Waals surface area contributed by atoms with Gasteiger partial charge in [-0.1, -0.05) is 17.7 Å². The van der Waals surface area contributed by atoms with E-state index < -0.39 is 24.2 Å². The average Bonchev–Trinajstić information content (AvgIpc) is 2.21. The molecule has 98 valence electrons. The topological polar surface area (TPSA) is 83.6 Å². The Labute approximate surface area is 108 Å². The van der Waals surface area contributed by atoms with Crippen molar-refractivity contribution in [3.05, 3.63) is 34.6 Å². The van der Waals surface area contributed by atoms with Gasteiger partial charge in [-0.3, -0.25) is 14.5 Å². The van der Waals surface area contributed by atoms with Crippen LogP contribution in [0.15, 0.2) is 18.2 Å². The number of aliphatic carboxylic acids is 1. The Morgan fingerprint density at radius 2 is 2.06 bits per heavy atom. The van der Waals surface area contributed by atoms with Gasteiger partial charge in [0.25, 0.3) is 0 Å². The van der Waals surface area contributed by atoms with Gasteiger partial charge in [0.1, 0.15) is 5.82 Å². The molecular formula is C11H12ClFN2O3. The molecule has 0 unspecified atom stereocenters. The third kappa shape index (κ3) is 4.31. The zero-order valence-electron chi connectivity index (χ0n) is 9.40. The van der Waals surface area contributed by atoms with Gasteiger partial charge in [-0.25, -0.2) is 4.39 Å². The Morgan fingerprint density at radius 1 is 1.39 bits per heavy atom. The molecule has 0 aliphatic rings. The van der Waals surface area contributed by atoms with Crippen LogP contribution in [0.5, 0.6) is 0 Å². The number of carbonyl (C=O) groups is 2. The monoisotopic (exact) mass is 274 g/mol. The largest absolute Gasteiger partial charge is 0.480 e. The normalized spacial score (nSPS) is 10.6. The molecule has 0 aliphatic heterocycles. The van der Waals surface area contributed by atoms with Crippen LogP contribution in [0.25, 0.3) is 0 Å². The van der Waals surface area contributed by atoms with Crippen molar-refractivity contribution >= 4 is 23.5 Å². The van der Waals surface area contributed by atoms with Crippen LogP contribution in [0.4, 0.5) is 4.39 Å². The summed E-state index contributed by atoms with van der Waals surface area (Å²) in [6, 6.07) is 4.14. The molecule has 7 heteroatoms. The molecule has 0 radical (unpaired) electrons. The van der Waals surface area contributed by atoms with Crippen molar-refractivity contribution in [2.75, 3.05) is 13.1 Å². The minimum absolute atomic E-state index is 0.0965. The Kier molecular flexibility index (Phi) is 5.06. The highest BCUT2D eigenvalue weighted by atomic mass is 35.5. The van der Waals surface area contributed by atoms with Gasteiger partial charge in [0.2, 0.25) is 5.91 Å². The maximum atomic E-state index is 13.5. The van der Waals surface area contributed by atoms with Crippen LogP contribution in [-0.4, -0.2) is 35.0 Å². The Balaban J connectivity index is 2.88. The summed E-state index contributed by atoms with van der Waals surface area (Å²) in [5.74, 6) is -2.38. The van der Waals surface area contributed by atoms with Gasteiger partial charge < -0.3 is 10.8 Å². The summed E-state index contributed by atoms with van der Waals surface area (Å²) in [6.45, 7) is -0.800. The van der Waals surface area contributed by atoms with Crippen molar-refractivity contribution in [3.63, 3.8) is 0 Å². The maximum absolute atomic E-state index is 13.5. The zero-order valence-corrected chi connectivity index (χ0v) is 10.2. The number of carboxylic acids is 1. The molecule has 0 fully saturated rings. The molecular weight excluding hydrogens is 263 g/mol. The lowest BCUT2D eigenvalue weighted by Crippen LogP contribution is -2.37. The second-order valence-electron chi connectivity index (χ2n) is 3.71. The molecule has 0 bridgehead atoms. The van der Waals surface area contributed by atoms with E-state index in [-0.39, 0.29) is 23.7 Å². The minimum atomic E-state index is -1.14. The van der Waals surface area contributed by atoms with Crippen molar-refractivity contribution < 1.29 is 19.1 Å². The van der Waals surface area contributed by atoms with Crippen LogP contribution in [0, 0.1) is 5.82 Å². The molecule has 3 N–H and O–H groups in total. The third-order valence-electron chi connectivity index (χ3n) is 2.18. The van der Waals surface area contributed by atoms with E-state index in [0.29, 0.717) is 0 Å². The van der Waals surface area contributed by atoms with Crippen molar-refractivity contribution in [3.8, 4) is 0 Å². The molecule has 0 aromatic heterocycles. The quantitative estimate of drug-likeness (QED) is 0.805. The van der Waals surface area contributed by atoms with Crippen LogP contribution in [-0.2, 0) is 16.1 Å². The predicted octanol–water partition coefficient (Wildman–Crippen LogP) is 0.851. The number of hydrogen-bond acceptors (Lipinski definition) is 3. The van der Waals surface area contributed by atoms with Crippen molar-refractivity contribution in [2.24, 2.45) is 5.73 Å². The molecule has 1 amide bonds. The summed E-state index contributed by atoms with van der Waals surface area (Å²) in [7, 11) is 0. The van der Waals surface area contributed by atoms with E-state index >= 15 is 0 Å². The number of benzene rings is 1. The molecule has 0 aliphatic carbocycles. The lowest BCUT2D eigenvalue weighted by Gasteiger charge is -2.19. The van der Waals surface area contributed by atoms with E-state index in [9.17, 15) is 14.0 Å². The van der Waals surface area contributed by atoms with Gasteiger partial charge in [-0.2, -0.15) is 0 Å². The highest BCUT2D eigenvalue weighted by Crippen LogP contribution is 2.20. The number of primary amides is 1. The maximum Gasteiger partial charge on any atom is 0.317 e. The molecule has 0 atom stereocenters. The summed E-state index contributed by atoms with van der Waals surface area (Å²) in [5, 5.41) is 8.87. The molecule has 0 saturated heterocycles. The first-order valence-electron chi connectivity index (χ1n) is 5.05. The van der Waals surface area contributed by atoms with Crippen LogP contribution >= 0.6 is 11.6 Å². The van der Waals surface area contributed by atoms with E-state index in [4.69, 9.17) is 22.4 Å². The van der Waals surface area contributed by atoms with Crippen LogP contribution in [0.1, 0.15) is 5.56 Å². The van der Waals surface area contributed by atoms with Crippen molar-refractivity contribution in [1.29, 1.82) is 0 Å². The van der Waals surface area contributed by atoms with Crippen molar-refractivity contribution in [2.45, 2.75) is 6.54 Å². The molecule has 1 aromatic rings. The number of carboxylic acid groups (broad SMARTS) is 1. The summed E-state index contributed by atoms with van der Waals surface area (Å²) in [6.07, 6.45) is 0. The van der Waals surface area contributed by atoms with Gasteiger partial charge >= 0.3 is 5.97 Å². The number of carbonyl (C=O) groups excluding carboxylic acids is 1. The van der Waals surface area contributed by atoms with Crippen LogP contribution < -0.4 is 5.73 Å². The summed E-state index contributed by atoms with van der Waals surface area (Å²) in [4.78, 5) is 22.6. The van der Waals surface area contributed by atoms with Gasteiger partial charge in [-0.05, 0) is 12.1 Å². The summed E-state index contributed by atoms with van der Waals surface area (Å²) in [5.41, 5.74) is 5.14. The van der Waals surface area contributed by atoms with Crippen molar-refractivity contribution in [1.82, 2.24) is 4.90 Å². The molecule has 0 heterocycles. The molecule has 0 spiro atoms. The number of halogens is 2. The van der Waals surface area contributed by atoms with E-state index in [1.54, 1.807) is 0 Å². The standard InChI is InChI=1S/C11H12ClFN2O3/c12-8-2-1-3-9(13)7(8)4-15(5-10(14)16)6-11(17)18/h1-3H,4-6H2,(H2,14,16)(H,17,18). The number of hydrogen-bond donors (Lipinski definition) is 2. The highest BCUT2D eigenvalue weighted by Gasteiger charge is 2.16. The zero-order chi connectivity index (χ0) is 13.7. The lowest BCUT2D eigenvalue weighted by atomic mass is 10.2. The van der Waals surface area contributed by atoms with Crippen LogP contribution in [0.3, 0.4) is 0 Å². The number of amides is 1. The van der Waals surface area contributed by atoms with Crippen LogP contribution in [0.2, 0.25) is 5.02 Å². The van der Waals surface area contributed by atoms with Gasteiger partial charge in [-0.15, -0.1) is 0 Å². The number of nitrogens with two attached hydrogens (primary N) is 1. The summed E-state index contributed by atoms with van der Waals surface area (Å²) >= 11 is 5.82. The SMILES string of the molecule is NC(=O)CN(CC(=O)O)Cc1c(F)cccc1Cl. The average molecular weight is 275 g/mol. The first-order valence-corrected chi connectivity index (χ1v) is 5.43. The van der Waals surface area contributed by atoms with Gasteiger partial charge in [0.15, 0.2) is 0 Å². The minimum Gasteiger partial charge on any atom is -0.480 e. The smallest absolute Gasteiger partial charge is 0.317 e. The van der Waals surface area contributed by atoms with E-state index in [2.05, 4.69) is 0 Å². The Morgan fingerprint density at radius 3 is 2.56 bits per heavy atom. The Hall–Kier alpha value is -1.66. The van der Waals surface area contributed by atoms with Gasteiger partial charge in [0.05, 0.1) is 13.1 Å². The van der Waals surface area contributed by atoms with E-state index in [0.717, 1.165) is 0 Å². The summed E-state index contributed by atoms with van der Waals surface area (Å²) < 4.78 is 13.5. The van der Waals surface area contributed by atoms with E-state index in [1.807, 2.05) is 0 Å². The number of rotatable bonds is 6. The molecule has 1 aromatic carbocycles. The van der Waals surface area contributed by atoms with Gasteiger partial charge in [0, 0.05) is 17.1 Å². The fourth-order valence-corrected chi connectivity index (χ4v) is 1.71. The third-order valence-corrected chi connectivity index (χ3v) is 2.54. The second kappa shape index (κ2) is 6.32.